The highest BCUT2D eigenvalue weighted by molar-refractivity contribution is 6.33. The van der Waals surface area contributed by atoms with Crippen molar-refractivity contribution in [2.24, 2.45) is 0 Å². The van der Waals surface area contributed by atoms with E-state index >= 15 is 0 Å². The minimum Gasteiger partial charge on any atom is -0.497 e. The summed E-state index contributed by atoms with van der Waals surface area (Å²) in [6.07, 6.45) is 1.02. The second-order valence-electron chi connectivity index (χ2n) is 8.28. The molecule has 2 aromatic heterocycles. The number of β-amino-alcohol motifs (C(OH)–C–C–N with tert-alkyl or cyclic N) is 1. The van der Waals surface area contributed by atoms with Crippen molar-refractivity contribution in [2.45, 2.75) is 38.8 Å². The Balaban J connectivity index is 1.82. The number of rotatable bonds is 6. The van der Waals surface area contributed by atoms with Gasteiger partial charge in [0.25, 0.3) is 0 Å². The molecule has 0 saturated carbocycles. The summed E-state index contributed by atoms with van der Waals surface area (Å²) in [6.45, 7) is 15.4. The number of ether oxygens (including phenoxy) is 1. The molecule has 168 valence electrons. The summed E-state index contributed by atoms with van der Waals surface area (Å²) in [7, 11) is 1.61. The SMILES string of the molecule is [C-]#[N+]c1c(Cl)cc([C@H](C)n2nc(C)c3c(N)ncnc32)c(OC)c1C1CN(C[C@@H](C)O)C1. The van der Waals surface area contributed by atoms with Crippen LogP contribution in [0.1, 0.15) is 42.6 Å². The maximum absolute atomic E-state index is 9.68. The van der Waals surface area contributed by atoms with Gasteiger partial charge in [-0.3, -0.25) is 4.90 Å². The van der Waals surface area contributed by atoms with Gasteiger partial charge < -0.3 is 15.6 Å². The van der Waals surface area contributed by atoms with Crippen LogP contribution in [0.3, 0.4) is 0 Å². The molecule has 10 heteroatoms. The number of nitrogens with zero attached hydrogens (tertiary/aromatic N) is 6. The number of methoxy groups -OCH3 is 1. The van der Waals surface area contributed by atoms with E-state index in [4.69, 9.17) is 28.6 Å². The van der Waals surface area contributed by atoms with Gasteiger partial charge in [-0.05, 0) is 26.8 Å². The van der Waals surface area contributed by atoms with Crippen LogP contribution in [0, 0.1) is 13.5 Å². The zero-order valence-electron chi connectivity index (χ0n) is 18.5. The van der Waals surface area contributed by atoms with E-state index in [9.17, 15) is 5.11 Å². The third-order valence-corrected chi connectivity index (χ3v) is 6.27. The van der Waals surface area contributed by atoms with Crippen molar-refractivity contribution >= 4 is 34.1 Å². The fourth-order valence-corrected chi connectivity index (χ4v) is 4.80. The van der Waals surface area contributed by atoms with Gasteiger partial charge in [0.05, 0.1) is 36.9 Å². The number of aromatic nitrogens is 4. The Hall–Kier alpha value is -2.93. The molecule has 0 aliphatic carbocycles. The molecule has 1 aromatic carbocycles. The van der Waals surface area contributed by atoms with Gasteiger partial charge >= 0.3 is 0 Å². The topological polar surface area (TPSA) is 107 Å². The largest absolute Gasteiger partial charge is 0.497 e. The van der Waals surface area contributed by atoms with Crippen molar-refractivity contribution in [1.29, 1.82) is 0 Å². The van der Waals surface area contributed by atoms with Crippen LogP contribution in [0.15, 0.2) is 12.4 Å². The third-order valence-electron chi connectivity index (χ3n) is 5.98. The molecule has 1 aliphatic rings. The number of benzene rings is 1. The minimum atomic E-state index is -0.404. The van der Waals surface area contributed by atoms with Crippen LogP contribution in [-0.2, 0) is 0 Å². The van der Waals surface area contributed by atoms with Crippen molar-refractivity contribution in [3.8, 4) is 5.75 Å². The number of anilines is 1. The van der Waals surface area contributed by atoms with E-state index in [2.05, 4.69) is 24.8 Å². The van der Waals surface area contributed by atoms with Crippen LogP contribution in [0.25, 0.3) is 15.9 Å². The first-order valence-corrected chi connectivity index (χ1v) is 10.8. The molecule has 1 fully saturated rings. The molecule has 4 rings (SSSR count). The Morgan fingerprint density at radius 3 is 2.72 bits per heavy atom. The molecule has 3 aromatic rings. The Kier molecular flexibility index (Phi) is 5.95. The maximum Gasteiger partial charge on any atom is 0.212 e. The third kappa shape index (κ3) is 3.64. The van der Waals surface area contributed by atoms with Crippen molar-refractivity contribution in [3.05, 3.63) is 45.7 Å². The van der Waals surface area contributed by atoms with Crippen molar-refractivity contribution in [1.82, 2.24) is 24.6 Å². The van der Waals surface area contributed by atoms with E-state index in [1.807, 2.05) is 13.8 Å². The standard InChI is InChI=1S/C22H26ClN7O2/c1-11(31)7-29-8-14(9-29)18-19(25-4)16(23)6-15(20(18)32-5)13(3)30-22-17(12(2)28-30)21(24)26-10-27-22/h6,10-11,13-14,31H,7-9H2,1-3,5H3,(H2,24,26,27)/t11-,13+/m1/s1. The van der Waals surface area contributed by atoms with Gasteiger partial charge in [-0.1, -0.05) is 11.6 Å². The summed E-state index contributed by atoms with van der Waals surface area (Å²) in [5.41, 5.74) is 9.46. The number of nitrogen functional groups attached to an aromatic ring is 1. The summed E-state index contributed by atoms with van der Waals surface area (Å²) in [6, 6.07) is 1.50. The predicted molar refractivity (Wildman–Crippen MR) is 123 cm³/mol. The van der Waals surface area contributed by atoms with Gasteiger partial charge in [-0.2, -0.15) is 5.10 Å². The van der Waals surface area contributed by atoms with Crippen molar-refractivity contribution < 1.29 is 9.84 Å². The number of hydrogen-bond acceptors (Lipinski definition) is 7. The second-order valence-corrected chi connectivity index (χ2v) is 8.69. The van der Waals surface area contributed by atoms with Gasteiger partial charge in [0.2, 0.25) is 5.69 Å². The fraction of sp³-hybridized carbons (Fsp3) is 0.455. The van der Waals surface area contributed by atoms with E-state index in [0.29, 0.717) is 34.5 Å². The maximum atomic E-state index is 9.68. The molecule has 32 heavy (non-hydrogen) atoms. The molecule has 0 bridgehead atoms. The molecular weight excluding hydrogens is 430 g/mol. The minimum absolute atomic E-state index is 0.0894. The van der Waals surface area contributed by atoms with E-state index in [0.717, 1.165) is 35.3 Å². The fourth-order valence-electron chi connectivity index (χ4n) is 4.54. The van der Waals surface area contributed by atoms with Crippen LogP contribution in [-0.4, -0.2) is 62.6 Å². The van der Waals surface area contributed by atoms with E-state index < -0.39 is 6.10 Å². The lowest BCUT2D eigenvalue weighted by Crippen LogP contribution is -2.47. The van der Waals surface area contributed by atoms with Crippen molar-refractivity contribution in [3.63, 3.8) is 0 Å². The lowest BCUT2D eigenvalue weighted by molar-refractivity contribution is 0.0736. The number of halogens is 1. The van der Waals surface area contributed by atoms with Crippen LogP contribution in [0.5, 0.6) is 5.75 Å². The Bertz CT molecular complexity index is 1210. The molecule has 1 aliphatic heterocycles. The molecular formula is C22H26ClN7O2. The first-order valence-electron chi connectivity index (χ1n) is 10.4. The molecule has 0 amide bonds. The quantitative estimate of drug-likeness (QED) is 0.549. The monoisotopic (exact) mass is 455 g/mol. The normalized spacial score (nSPS) is 16.5. The number of aliphatic hydroxyl groups is 1. The highest BCUT2D eigenvalue weighted by atomic mass is 35.5. The Morgan fingerprint density at radius 2 is 2.09 bits per heavy atom. The average Bonchev–Trinajstić information content (AvgIpc) is 3.06. The number of fused-ring (bicyclic) bond motifs is 1. The van der Waals surface area contributed by atoms with Crippen LogP contribution in [0.2, 0.25) is 5.02 Å². The van der Waals surface area contributed by atoms with E-state index in [1.165, 1.54) is 6.33 Å². The zero-order valence-corrected chi connectivity index (χ0v) is 19.3. The number of likely N-dealkylation sites (tertiary alicyclic amines) is 1. The lowest BCUT2D eigenvalue weighted by Gasteiger charge is -2.41. The van der Waals surface area contributed by atoms with Gasteiger partial charge in [0.15, 0.2) is 5.65 Å². The number of nitrogens with two attached hydrogens (primary N) is 1. The first kappa shape index (κ1) is 22.3. The highest BCUT2D eigenvalue weighted by Crippen LogP contribution is 2.48. The second kappa shape index (κ2) is 8.54. The molecule has 2 atom stereocenters. The number of hydrogen-bond donors (Lipinski definition) is 2. The highest BCUT2D eigenvalue weighted by Gasteiger charge is 2.35. The van der Waals surface area contributed by atoms with Crippen LogP contribution < -0.4 is 10.5 Å². The van der Waals surface area contributed by atoms with E-state index in [-0.39, 0.29) is 12.0 Å². The Labute approximate surface area is 191 Å². The first-order chi connectivity index (χ1) is 15.3. The number of aliphatic hydroxyl groups excluding tert-OH is 1. The zero-order chi connectivity index (χ0) is 23.2. The van der Waals surface area contributed by atoms with Crippen LogP contribution in [0.4, 0.5) is 11.5 Å². The molecule has 0 spiro atoms. The van der Waals surface area contributed by atoms with E-state index in [1.54, 1.807) is 24.8 Å². The molecule has 3 N–H and O–H groups in total. The number of aryl methyl sites for hydroxylation is 1. The summed E-state index contributed by atoms with van der Waals surface area (Å²) in [5, 5.41) is 15.4. The Morgan fingerprint density at radius 1 is 1.38 bits per heavy atom. The predicted octanol–water partition coefficient (Wildman–Crippen LogP) is 3.32. The summed E-state index contributed by atoms with van der Waals surface area (Å²) in [4.78, 5) is 14.3. The lowest BCUT2D eigenvalue weighted by atomic mass is 9.86. The molecule has 0 radical (unpaired) electrons. The molecule has 9 nitrogen and oxygen atoms in total. The van der Waals surface area contributed by atoms with Crippen LogP contribution >= 0.6 is 11.6 Å². The van der Waals surface area contributed by atoms with Crippen molar-refractivity contribution in [2.75, 3.05) is 32.5 Å². The smallest absolute Gasteiger partial charge is 0.212 e. The summed E-state index contributed by atoms with van der Waals surface area (Å²) >= 11 is 6.59. The summed E-state index contributed by atoms with van der Waals surface area (Å²) in [5.74, 6) is 1.11. The van der Waals surface area contributed by atoms with Gasteiger partial charge in [0.1, 0.15) is 17.9 Å². The van der Waals surface area contributed by atoms with Gasteiger partial charge in [-0.25, -0.2) is 19.5 Å². The average molecular weight is 456 g/mol. The molecule has 0 unspecified atom stereocenters. The molecule has 3 heterocycles. The summed E-state index contributed by atoms with van der Waals surface area (Å²) < 4.78 is 7.65. The van der Waals surface area contributed by atoms with Gasteiger partial charge in [0, 0.05) is 41.7 Å². The molecule has 1 saturated heterocycles. The van der Waals surface area contributed by atoms with Gasteiger partial charge in [-0.15, -0.1) is 0 Å².